The Balaban J connectivity index is 2.08. The number of rotatable bonds is 3. The molecule has 1 aromatic carbocycles. The number of carbonyl (C=O) groups excluding carboxylic acids is 1. The lowest BCUT2D eigenvalue weighted by Crippen LogP contribution is -2.16. The SMILES string of the molecule is CC(=Nc1cc(C)nn1-c1c(Cl)cc(Cl)cc1Cl)C1CCOC1=O. The zero-order valence-corrected chi connectivity index (χ0v) is 15.3. The summed E-state index contributed by atoms with van der Waals surface area (Å²) in [5.41, 5.74) is 1.91. The summed E-state index contributed by atoms with van der Waals surface area (Å²) in [7, 11) is 0. The fraction of sp³-hybridized carbons (Fsp3) is 0.312. The van der Waals surface area contributed by atoms with Gasteiger partial charge in [-0.05, 0) is 26.0 Å². The fourth-order valence-corrected chi connectivity index (χ4v) is 3.58. The smallest absolute Gasteiger partial charge is 0.314 e. The van der Waals surface area contributed by atoms with Gasteiger partial charge in [0.1, 0.15) is 5.69 Å². The molecule has 3 rings (SSSR count). The molecular formula is C16H14Cl3N3O2. The maximum atomic E-state index is 11.7. The van der Waals surface area contributed by atoms with Gasteiger partial charge in [-0.2, -0.15) is 5.10 Å². The number of ether oxygens (including phenoxy) is 1. The monoisotopic (exact) mass is 385 g/mol. The Morgan fingerprint density at radius 3 is 2.54 bits per heavy atom. The molecule has 1 atom stereocenters. The number of esters is 1. The number of nitrogens with zero attached hydrogens (tertiary/aromatic N) is 3. The molecule has 1 unspecified atom stereocenters. The Morgan fingerprint density at radius 2 is 1.96 bits per heavy atom. The molecule has 0 spiro atoms. The highest BCUT2D eigenvalue weighted by Crippen LogP contribution is 2.35. The highest BCUT2D eigenvalue weighted by Gasteiger charge is 2.29. The van der Waals surface area contributed by atoms with Gasteiger partial charge in [-0.1, -0.05) is 34.8 Å². The van der Waals surface area contributed by atoms with Crippen molar-refractivity contribution in [1.29, 1.82) is 0 Å². The summed E-state index contributed by atoms with van der Waals surface area (Å²) >= 11 is 18.5. The second kappa shape index (κ2) is 6.75. The van der Waals surface area contributed by atoms with E-state index in [2.05, 4.69) is 10.1 Å². The van der Waals surface area contributed by atoms with Crippen LogP contribution in [0, 0.1) is 12.8 Å². The molecule has 1 aliphatic heterocycles. The lowest BCUT2D eigenvalue weighted by atomic mass is 10.0. The quantitative estimate of drug-likeness (QED) is 0.562. The molecule has 0 amide bonds. The van der Waals surface area contributed by atoms with Crippen molar-refractivity contribution < 1.29 is 9.53 Å². The minimum atomic E-state index is -0.329. The van der Waals surface area contributed by atoms with Crippen LogP contribution in [0.1, 0.15) is 19.0 Å². The first-order valence-electron chi connectivity index (χ1n) is 7.30. The van der Waals surface area contributed by atoms with E-state index in [1.165, 1.54) is 0 Å². The summed E-state index contributed by atoms with van der Waals surface area (Å²) < 4.78 is 6.55. The molecule has 0 saturated carbocycles. The van der Waals surface area contributed by atoms with Crippen LogP contribution in [-0.2, 0) is 9.53 Å². The predicted octanol–water partition coefficient (Wildman–Crippen LogP) is 4.80. The van der Waals surface area contributed by atoms with Gasteiger partial charge in [-0.15, -0.1) is 0 Å². The van der Waals surface area contributed by atoms with Gasteiger partial charge >= 0.3 is 5.97 Å². The first-order chi connectivity index (χ1) is 11.4. The molecule has 1 fully saturated rings. The summed E-state index contributed by atoms with van der Waals surface area (Å²) in [6.07, 6.45) is 0.629. The van der Waals surface area contributed by atoms with Crippen molar-refractivity contribution in [1.82, 2.24) is 9.78 Å². The second-order valence-corrected chi connectivity index (χ2v) is 6.79. The van der Waals surface area contributed by atoms with Gasteiger partial charge in [-0.25, -0.2) is 9.67 Å². The summed E-state index contributed by atoms with van der Waals surface area (Å²) in [5.74, 6) is -0.0396. The van der Waals surface area contributed by atoms with Gasteiger partial charge in [0.05, 0.1) is 28.3 Å². The third kappa shape index (κ3) is 3.29. The van der Waals surface area contributed by atoms with Crippen molar-refractivity contribution in [3.63, 3.8) is 0 Å². The van der Waals surface area contributed by atoms with Gasteiger partial charge in [0, 0.05) is 23.2 Å². The summed E-state index contributed by atoms with van der Waals surface area (Å²) in [6, 6.07) is 4.98. The van der Waals surface area contributed by atoms with E-state index < -0.39 is 0 Å². The molecule has 0 N–H and O–H groups in total. The second-order valence-electron chi connectivity index (χ2n) is 5.54. The van der Waals surface area contributed by atoms with Crippen molar-refractivity contribution in [3.8, 4) is 5.69 Å². The van der Waals surface area contributed by atoms with Crippen LogP contribution in [0.2, 0.25) is 15.1 Å². The Labute approximate surface area is 154 Å². The zero-order valence-electron chi connectivity index (χ0n) is 13.0. The molecule has 24 heavy (non-hydrogen) atoms. The number of benzene rings is 1. The van der Waals surface area contributed by atoms with Crippen molar-refractivity contribution in [2.75, 3.05) is 6.61 Å². The highest BCUT2D eigenvalue weighted by atomic mass is 35.5. The van der Waals surface area contributed by atoms with Crippen molar-refractivity contribution in [2.24, 2.45) is 10.9 Å². The summed E-state index contributed by atoms with van der Waals surface area (Å²) in [4.78, 5) is 16.3. The van der Waals surface area contributed by atoms with Gasteiger partial charge in [0.15, 0.2) is 5.82 Å². The Kier molecular flexibility index (Phi) is 4.85. The van der Waals surface area contributed by atoms with Gasteiger partial charge in [0.25, 0.3) is 0 Å². The maximum absolute atomic E-state index is 11.7. The topological polar surface area (TPSA) is 56.5 Å². The van der Waals surface area contributed by atoms with Gasteiger partial charge < -0.3 is 4.74 Å². The summed E-state index contributed by atoms with van der Waals surface area (Å²) in [6.45, 7) is 4.06. The molecule has 0 aliphatic carbocycles. The Hall–Kier alpha value is -1.56. The maximum Gasteiger partial charge on any atom is 0.314 e. The van der Waals surface area contributed by atoms with E-state index in [0.29, 0.717) is 45.3 Å². The number of hydrogen-bond acceptors (Lipinski definition) is 4. The van der Waals surface area contributed by atoms with Gasteiger partial charge in [-0.3, -0.25) is 4.79 Å². The molecule has 0 bridgehead atoms. The minimum Gasteiger partial charge on any atom is -0.465 e. The van der Waals surface area contributed by atoms with E-state index in [-0.39, 0.29) is 11.9 Å². The lowest BCUT2D eigenvalue weighted by Gasteiger charge is -2.11. The average Bonchev–Trinajstić information content (AvgIpc) is 3.04. The fourth-order valence-electron chi connectivity index (χ4n) is 2.60. The van der Waals surface area contributed by atoms with Crippen LogP contribution in [0.25, 0.3) is 5.69 Å². The molecule has 1 aliphatic rings. The number of carbonyl (C=O) groups is 1. The third-order valence-corrected chi connectivity index (χ3v) is 4.53. The van der Waals surface area contributed by atoms with Crippen LogP contribution in [0.15, 0.2) is 23.2 Å². The molecule has 0 radical (unpaired) electrons. The van der Waals surface area contributed by atoms with E-state index in [1.807, 2.05) is 6.92 Å². The number of halogens is 3. The van der Waals surface area contributed by atoms with Crippen LogP contribution in [0.5, 0.6) is 0 Å². The molecule has 2 aromatic rings. The molecular weight excluding hydrogens is 373 g/mol. The van der Waals surface area contributed by atoms with Crippen LogP contribution in [0.3, 0.4) is 0 Å². The zero-order chi connectivity index (χ0) is 17.4. The van der Waals surface area contributed by atoms with Gasteiger partial charge in [0.2, 0.25) is 0 Å². The van der Waals surface area contributed by atoms with E-state index in [0.717, 1.165) is 5.69 Å². The number of cyclic esters (lactones) is 1. The van der Waals surface area contributed by atoms with Crippen LogP contribution in [0.4, 0.5) is 5.82 Å². The molecule has 2 heterocycles. The molecule has 1 aromatic heterocycles. The first kappa shape index (κ1) is 17.3. The number of aliphatic imine (C=N–C) groups is 1. The van der Waals surface area contributed by atoms with Crippen molar-refractivity contribution in [2.45, 2.75) is 20.3 Å². The Morgan fingerprint density at radius 1 is 1.29 bits per heavy atom. The Bertz CT molecular complexity index is 822. The number of aromatic nitrogens is 2. The first-order valence-corrected chi connectivity index (χ1v) is 8.43. The van der Waals surface area contributed by atoms with E-state index in [9.17, 15) is 4.79 Å². The van der Waals surface area contributed by atoms with Crippen molar-refractivity contribution in [3.05, 3.63) is 39.0 Å². The van der Waals surface area contributed by atoms with Crippen LogP contribution in [-0.4, -0.2) is 28.1 Å². The molecule has 1 saturated heterocycles. The molecule has 126 valence electrons. The number of aryl methyl sites for hydroxylation is 1. The standard InChI is InChI=1S/C16H14Cl3N3O2/c1-8-5-14(20-9(2)11-3-4-24-16(11)23)22(21-8)15-12(18)6-10(17)7-13(15)19/h5-7,11H,3-4H2,1-2H3. The predicted molar refractivity (Wildman–Crippen MR) is 95.2 cm³/mol. The van der Waals surface area contributed by atoms with Crippen LogP contribution < -0.4 is 0 Å². The van der Waals surface area contributed by atoms with E-state index >= 15 is 0 Å². The average molecular weight is 387 g/mol. The third-order valence-electron chi connectivity index (χ3n) is 3.74. The molecule has 8 heteroatoms. The van der Waals surface area contributed by atoms with Crippen LogP contribution >= 0.6 is 34.8 Å². The number of hydrogen-bond donors (Lipinski definition) is 0. The molecule has 5 nitrogen and oxygen atoms in total. The normalized spacial score (nSPS) is 18.1. The van der Waals surface area contributed by atoms with Crippen molar-refractivity contribution >= 4 is 52.3 Å². The largest absolute Gasteiger partial charge is 0.465 e. The summed E-state index contributed by atoms with van der Waals surface area (Å²) in [5, 5.41) is 5.58. The lowest BCUT2D eigenvalue weighted by molar-refractivity contribution is -0.139. The van der Waals surface area contributed by atoms with E-state index in [1.54, 1.807) is 29.8 Å². The minimum absolute atomic E-state index is 0.249. The van der Waals surface area contributed by atoms with E-state index in [4.69, 9.17) is 39.5 Å². The highest BCUT2D eigenvalue weighted by molar-refractivity contribution is 6.40.